The van der Waals surface area contributed by atoms with Gasteiger partial charge in [-0.1, -0.05) is 12.1 Å². The summed E-state index contributed by atoms with van der Waals surface area (Å²) in [7, 11) is 0. The lowest BCUT2D eigenvalue weighted by Crippen LogP contribution is -2.53. The maximum atomic E-state index is 13.0. The second-order valence-electron chi connectivity index (χ2n) is 8.98. The number of nitrogens with two attached hydrogens (primary N) is 1. The number of carbonyl (C=O) groups excluding carboxylic acids is 2. The Labute approximate surface area is 161 Å². The first kappa shape index (κ1) is 18.5. The van der Waals surface area contributed by atoms with Crippen LogP contribution < -0.4 is 16.4 Å². The third kappa shape index (κ3) is 3.88. The Morgan fingerprint density at radius 2 is 1.56 bits per heavy atom. The lowest BCUT2D eigenvalue weighted by atomic mass is 9.49. The third-order valence-electron chi connectivity index (χ3n) is 6.86. The Bertz CT molecular complexity index is 663. The number of hydrogen-bond acceptors (Lipinski definition) is 3. The molecule has 4 N–H and O–H groups in total. The summed E-state index contributed by atoms with van der Waals surface area (Å²) < 4.78 is 0. The van der Waals surface area contributed by atoms with Crippen molar-refractivity contribution < 1.29 is 9.59 Å². The van der Waals surface area contributed by atoms with Gasteiger partial charge in [0.1, 0.15) is 0 Å². The Hall–Kier alpha value is -1.88. The highest BCUT2D eigenvalue weighted by atomic mass is 16.2. The highest BCUT2D eigenvalue weighted by Gasteiger charge is 2.54. The molecule has 0 radical (unpaired) electrons. The lowest BCUT2D eigenvalue weighted by Gasteiger charge is -2.55. The Kier molecular flexibility index (Phi) is 5.22. The normalized spacial score (nSPS) is 30.9. The monoisotopic (exact) mass is 369 g/mol. The molecule has 0 unspecified atom stereocenters. The summed E-state index contributed by atoms with van der Waals surface area (Å²) in [6.45, 7) is 1.70. The minimum Gasteiger partial charge on any atom is -0.352 e. The maximum Gasteiger partial charge on any atom is 0.251 e. The molecule has 0 spiro atoms. The molecule has 0 aromatic heterocycles. The van der Waals surface area contributed by atoms with E-state index < -0.39 is 0 Å². The Morgan fingerprint density at radius 3 is 2.11 bits per heavy atom. The number of hydrogen-bond donors (Lipinski definition) is 3. The fraction of sp³-hybridized carbons (Fsp3) is 0.636. The van der Waals surface area contributed by atoms with E-state index in [1.807, 2.05) is 24.3 Å². The summed E-state index contributed by atoms with van der Waals surface area (Å²) >= 11 is 0. The van der Waals surface area contributed by atoms with Crippen molar-refractivity contribution in [2.45, 2.75) is 51.5 Å². The van der Waals surface area contributed by atoms with Gasteiger partial charge in [0.15, 0.2) is 0 Å². The molecule has 4 aliphatic rings. The van der Waals surface area contributed by atoms with Gasteiger partial charge in [0.25, 0.3) is 5.91 Å². The third-order valence-corrected chi connectivity index (χ3v) is 6.86. The molecule has 4 saturated carbocycles. The van der Waals surface area contributed by atoms with Crippen LogP contribution in [-0.2, 0) is 11.3 Å². The van der Waals surface area contributed by atoms with Crippen LogP contribution >= 0.6 is 0 Å². The summed E-state index contributed by atoms with van der Waals surface area (Å²) in [5.41, 5.74) is 7.02. The molecular weight excluding hydrogens is 338 g/mol. The van der Waals surface area contributed by atoms with Gasteiger partial charge in [-0.15, -0.1) is 0 Å². The molecule has 4 bridgehead atoms. The second-order valence-corrected chi connectivity index (χ2v) is 8.98. The predicted octanol–water partition coefficient (Wildman–Crippen LogP) is 2.60. The molecule has 146 valence electrons. The second kappa shape index (κ2) is 7.63. The van der Waals surface area contributed by atoms with E-state index in [2.05, 4.69) is 10.6 Å². The first-order valence-corrected chi connectivity index (χ1v) is 10.4. The smallest absolute Gasteiger partial charge is 0.251 e. The topological polar surface area (TPSA) is 84.2 Å². The lowest BCUT2D eigenvalue weighted by molar-refractivity contribution is -0.146. The number of rotatable bonds is 7. The van der Waals surface area contributed by atoms with Gasteiger partial charge in [-0.2, -0.15) is 0 Å². The van der Waals surface area contributed by atoms with Crippen LogP contribution in [0.2, 0.25) is 0 Å². The van der Waals surface area contributed by atoms with Crippen molar-refractivity contribution in [2.75, 3.05) is 13.1 Å². The molecule has 5 rings (SSSR count). The van der Waals surface area contributed by atoms with E-state index in [1.54, 1.807) is 0 Å². The standard InChI is InChI=1S/C22H31N3O2/c23-6-1-7-24-20(26)19-4-2-15(3-5-19)14-25-21(27)22-11-16-8-17(12-22)10-18(9-16)13-22/h2-5,16-18H,1,6-14,23H2,(H,24,26)(H,25,27). The molecular formula is C22H31N3O2. The van der Waals surface area contributed by atoms with Gasteiger partial charge in [-0.3, -0.25) is 9.59 Å². The summed E-state index contributed by atoms with van der Waals surface area (Å²) in [5, 5.41) is 6.05. The highest BCUT2D eigenvalue weighted by molar-refractivity contribution is 5.94. The van der Waals surface area contributed by atoms with Gasteiger partial charge >= 0.3 is 0 Å². The number of benzene rings is 1. The molecule has 1 aromatic carbocycles. The maximum absolute atomic E-state index is 13.0. The van der Waals surface area contributed by atoms with E-state index in [-0.39, 0.29) is 17.2 Å². The van der Waals surface area contributed by atoms with Gasteiger partial charge in [-0.05, 0) is 86.9 Å². The highest BCUT2D eigenvalue weighted by Crippen LogP contribution is 2.60. The van der Waals surface area contributed by atoms with Crippen molar-refractivity contribution in [3.63, 3.8) is 0 Å². The Balaban J connectivity index is 1.31. The van der Waals surface area contributed by atoms with E-state index in [0.717, 1.165) is 49.0 Å². The average molecular weight is 370 g/mol. The predicted molar refractivity (Wildman–Crippen MR) is 105 cm³/mol. The van der Waals surface area contributed by atoms with Crippen LogP contribution in [0.3, 0.4) is 0 Å². The Morgan fingerprint density at radius 1 is 0.963 bits per heavy atom. The van der Waals surface area contributed by atoms with Crippen molar-refractivity contribution >= 4 is 11.8 Å². The fourth-order valence-electron chi connectivity index (χ4n) is 5.94. The molecule has 0 atom stereocenters. The molecule has 4 fully saturated rings. The van der Waals surface area contributed by atoms with E-state index in [9.17, 15) is 9.59 Å². The minimum atomic E-state index is -0.0996. The summed E-state index contributed by atoms with van der Waals surface area (Å²) in [6, 6.07) is 7.50. The number of carbonyl (C=O) groups is 2. The molecule has 0 saturated heterocycles. The first-order valence-electron chi connectivity index (χ1n) is 10.4. The van der Waals surface area contributed by atoms with Crippen molar-refractivity contribution in [1.29, 1.82) is 0 Å². The molecule has 1 aromatic rings. The van der Waals surface area contributed by atoms with Gasteiger partial charge in [-0.25, -0.2) is 0 Å². The summed E-state index contributed by atoms with van der Waals surface area (Å²) in [4.78, 5) is 25.0. The summed E-state index contributed by atoms with van der Waals surface area (Å²) in [6.07, 6.45) is 8.09. The van der Waals surface area contributed by atoms with Gasteiger partial charge in [0.2, 0.25) is 5.91 Å². The quantitative estimate of drug-likeness (QED) is 0.646. The van der Waals surface area contributed by atoms with Crippen molar-refractivity contribution in [1.82, 2.24) is 10.6 Å². The van der Waals surface area contributed by atoms with Crippen molar-refractivity contribution in [2.24, 2.45) is 28.9 Å². The van der Waals surface area contributed by atoms with E-state index in [0.29, 0.717) is 25.2 Å². The van der Waals surface area contributed by atoms with Crippen LogP contribution in [0.15, 0.2) is 24.3 Å². The van der Waals surface area contributed by atoms with E-state index in [4.69, 9.17) is 5.73 Å². The molecule has 4 aliphatic carbocycles. The number of amides is 2. The zero-order valence-corrected chi connectivity index (χ0v) is 16.0. The molecule has 5 heteroatoms. The van der Waals surface area contributed by atoms with Crippen LogP contribution in [0.4, 0.5) is 0 Å². The van der Waals surface area contributed by atoms with E-state index >= 15 is 0 Å². The largest absolute Gasteiger partial charge is 0.352 e. The zero-order chi connectivity index (χ0) is 18.9. The van der Waals surface area contributed by atoms with Crippen LogP contribution in [0.5, 0.6) is 0 Å². The van der Waals surface area contributed by atoms with Gasteiger partial charge in [0, 0.05) is 24.1 Å². The van der Waals surface area contributed by atoms with Crippen LogP contribution in [-0.4, -0.2) is 24.9 Å². The molecule has 27 heavy (non-hydrogen) atoms. The van der Waals surface area contributed by atoms with Crippen LogP contribution in [0.1, 0.15) is 60.9 Å². The molecule has 0 heterocycles. The van der Waals surface area contributed by atoms with Crippen molar-refractivity contribution in [3.05, 3.63) is 35.4 Å². The fourth-order valence-corrected chi connectivity index (χ4v) is 5.94. The SMILES string of the molecule is NCCCNC(=O)c1ccc(CNC(=O)C23CC4CC(CC(C4)C2)C3)cc1. The molecule has 5 nitrogen and oxygen atoms in total. The van der Waals surface area contributed by atoms with Crippen LogP contribution in [0.25, 0.3) is 0 Å². The average Bonchev–Trinajstić information content (AvgIpc) is 2.65. The van der Waals surface area contributed by atoms with Gasteiger partial charge in [0.05, 0.1) is 0 Å². The summed E-state index contributed by atoms with van der Waals surface area (Å²) in [5.74, 6) is 2.51. The van der Waals surface area contributed by atoms with Gasteiger partial charge < -0.3 is 16.4 Å². The molecule has 2 amide bonds. The molecule has 0 aliphatic heterocycles. The van der Waals surface area contributed by atoms with E-state index in [1.165, 1.54) is 19.3 Å². The van der Waals surface area contributed by atoms with Crippen LogP contribution in [0, 0.1) is 23.2 Å². The zero-order valence-electron chi connectivity index (χ0n) is 16.0. The number of nitrogens with one attached hydrogen (secondary N) is 2. The first-order chi connectivity index (χ1) is 13.1. The minimum absolute atomic E-state index is 0.0763. The van der Waals surface area contributed by atoms with Crippen molar-refractivity contribution in [3.8, 4) is 0 Å².